The van der Waals surface area contributed by atoms with E-state index >= 15 is 0 Å². The summed E-state index contributed by atoms with van der Waals surface area (Å²) in [6.07, 6.45) is 4.23. The van der Waals surface area contributed by atoms with Gasteiger partial charge in [-0.05, 0) is 25.3 Å². The molecule has 1 fully saturated rings. The average Bonchev–Trinajstić information content (AvgIpc) is 2.25. The first kappa shape index (κ1) is 12.5. The van der Waals surface area contributed by atoms with Crippen molar-refractivity contribution in [2.24, 2.45) is 0 Å². The number of rotatable bonds is 4. The minimum absolute atomic E-state index is 0.110. The van der Waals surface area contributed by atoms with E-state index in [9.17, 15) is 14.0 Å². The van der Waals surface area contributed by atoms with Crippen LogP contribution in [0, 0.1) is 5.82 Å². The largest absolute Gasteiger partial charge is 0.481 e. The van der Waals surface area contributed by atoms with E-state index in [0.717, 1.165) is 12.6 Å². The van der Waals surface area contributed by atoms with Gasteiger partial charge in [-0.3, -0.25) is 14.6 Å². The Hall–Kier alpha value is -1.98. The van der Waals surface area contributed by atoms with Gasteiger partial charge in [0.05, 0.1) is 23.7 Å². The maximum atomic E-state index is 13.4. The molecule has 0 spiro atoms. The highest BCUT2D eigenvalue weighted by Crippen LogP contribution is 2.35. The number of aromatic nitrogens is 1. The van der Waals surface area contributed by atoms with Gasteiger partial charge in [0.2, 0.25) is 0 Å². The molecule has 1 aliphatic rings. The van der Waals surface area contributed by atoms with Crippen LogP contribution in [0.15, 0.2) is 18.5 Å². The first-order chi connectivity index (χ1) is 8.52. The van der Waals surface area contributed by atoms with E-state index in [1.54, 1.807) is 0 Å². The zero-order valence-electron chi connectivity index (χ0n) is 9.65. The van der Waals surface area contributed by atoms with Gasteiger partial charge in [0.25, 0.3) is 5.91 Å². The van der Waals surface area contributed by atoms with Crippen molar-refractivity contribution in [2.75, 3.05) is 0 Å². The minimum Gasteiger partial charge on any atom is -0.481 e. The van der Waals surface area contributed by atoms with Gasteiger partial charge in [-0.25, -0.2) is 4.39 Å². The second-order valence-corrected chi connectivity index (χ2v) is 4.51. The van der Waals surface area contributed by atoms with E-state index in [1.165, 1.54) is 12.3 Å². The molecule has 2 N–H and O–H groups in total. The summed E-state index contributed by atoms with van der Waals surface area (Å²) in [5.74, 6) is -2.26. The summed E-state index contributed by atoms with van der Waals surface area (Å²) in [5.41, 5.74) is -0.833. The molecule has 1 heterocycles. The fourth-order valence-corrected chi connectivity index (χ4v) is 2.11. The number of amides is 1. The van der Waals surface area contributed by atoms with Crippen molar-refractivity contribution in [3.8, 4) is 0 Å². The van der Waals surface area contributed by atoms with Gasteiger partial charge in [0.1, 0.15) is 0 Å². The van der Waals surface area contributed by atoms with Crippen LogP contribution in [0.25, 0.3) is 0 Å². The highest BCUT2D eigenvalue weighted by molar-refractivity contribution is 5.95. The summed E-state index contributed by atoms with van der Waals surface area (Å²) in [7, 11) is 0. The van der Waals surface area contributed by atoms with Crippen LogP contribution >= 0.6 is 0 Å². The van der Waals surface area contributed by atoms with Crippen LogP contribution < -0.4 is 5.32 Å². The molecule has 1 aromatic rings. The summed E-state index contributed by atoms with van der Waals surface area (Å²) in [6, 6.07) is 1.28. The molecule has 6 heteroatoms. The SMILES string of the molecule is O=C(O)CC1(NC(=O)c2ccncc2F)CCC1. The third-order valence-electron chi connectivity index (χ3n) is 3.20. The first-order valence-corrected chi connectivity index (χ1v) is 5.66. The molecule has 0 aliphatic heterocycles. The predicted molar refractivity (Wildman–Crippen MR) is 60.5 cm³/mol. The summed E-state index contributed by atoms with van der Waals surface area (Å²) in [5, 5.41) is 11.4. The lowest BCUT2D eigenvalue weighted by Gasteiger charge is -2.41. The third-order valence-corrected chi connectivity index (χ3v) is 3.20. The molecular formula is C12H13FN2O3. The number of hydrogen-bond donors (Lipinski definition) is 2. The molecular weight excluding hydrogens is 239 g/mol. The number of carbonyl (C=O) groups is 2. The van der Waals surface area contributed by atoms with Gasteiger partial charge >= 0.3 is 5.97 Å². The molecule has 2 rings (SSSR count). The van der Waals surface area contributed by atoms with Crippen molar-refractivity contribution >= 4 is 11.9 Å². The molecule has 0 aromatic carbocycles. The fraction of sp³-hybridized carbons (Fsp3) is 0.417. The lowest BCUT2D eigenvalue weighted by atomic mass is 9.74. The van der Waals surface area contributed by atoms with Gasteiger partial charge in [-0.1, -0.05) is 0 Å². The van der Waals surface area contributed by atoms with Crippen molar-refractivity contribution in [2.45, 2.75) is 31.2 Å². The monoisotopic (exact) mass is 252 g/mol. The fourth-order valence-electron chi connectivity index (χ4n) is 2.11. The third kappa shape index (κ3) is 2.47. The Balaban J connectivity index is 2.11. The van der Waals surface area contributed by atoms with Gasteiger partial charge in [-0.2, -0.15) is 0 Å². The Kier molecular flexibility index (Phi) is 3.27. The Morgan fingerprint density at radius 2 is 2.22 bits per heavy atom. The van der Waals surface area contributed by atoms with E-state index in [0.29, 0.717) is 12.8 Å². The van der Waals surface area contributed by atoms with Crippen LogP contribution in [-0.2, 0) is 4.79 Å². The molecule has 0 radical (unpaired) electrons. The van der Waals surface area contributed by atoms with Crippen molar-refractivity contribution in [1.82, 2.24) is 10.3 Å². The predicted octanol–water partition coefficient (Wildman–Crippen LogP) is 1.35. The molecule has 96 valence electrons. The lowest BCUT2D eigenvalue weighted by Crippen LogP contribution is -2.54. The molecule has 0 unspecified atom stereocenters. The molecule has 1 aliphatic carbocycles. The summed E-state index contributed by atoms with van der Waals surface area (Å²) in [4.78, 5) is 26.2. The Bertz CT molecular complexity index is 486. The summed E-state index contributed by atoms with van der Waals surface area (Å²) in [6.45, 7) is 0. The van der Waals surface area contributed by atoms with Crippen LogP contribution in [0.3, 0.4) is 0 Å². The maximum absolute atomic E-state index is 13.4. The number of carboxylic acids is 1. The molecule has 1 saturated carbocycles. The highest BCUT2D eigenvalue weighted by Gasteiger charge is 2.40. The van der Waals surface area contributed by atoms with Crippen LogP contribution in [-0.4, -0.2) is 27.5 Å². The lowest BCUT2D eigenvalue weighted by molar-refractivity contribution is -0.139. The Morgan fingerprint density at radius 3 is 2.72 bits per heavy atom. The van der Waals surface area contributed by atoms with Crippen molar-refractivity contribution in [3.63, 3.8) is 0 Å². The standard InChI is InChI=1S/C12H13FN2O3/c13-9-7-14-5-2-8(9)11(18)15-12(3-1-4-12)6-10(16)17/h2,5,7H,1,3-4,6H2,(H,15,18)(H,16,17). The number of carbonyl (C=O) groups excluding carboxylic acids is 1. The van der Waals surface area contributed by atoms with Crippen molar-refractivity contribution < 1.29 is 19.1 Å². The minimum atomic E-state index is -0.967. The van der Waals surface area contributed by atoms with Gasteiger partial charge < -0.3 is 10.4 Å². The van der Waals surface area contributed by atoms with Crippen LogP contribution in [0.1, 0.15) is 36.0 Å². The van der Waals surface area contributed by atoms with Crippen LogP contribution in [0.5, 0.6) is 0 Å². The van der Waals surface area contributed by atoms with Gasteiger partial charge in [0, 0.05) is 6.20 Å². The molecule has 1 aromatic heterocycles. The molecule has 1 amide bonds. The number of aliphatic carboxylic acids is 1. The molecule has 0 bridgehead atoms. The summed E-state index contributed by atoms with van der Waals surface area (Å²) >= 11 is 0. The molecule has 5 nitrogen and oxygen atoms in total. The maximum Gasteiger partial charge on any atom is 0.305 e. The number of halogens is 1. The van der Waals surface area contributed by atoms with Crippen LogP contribution in [0.4, 0.5) is 4.39 Å². The number of pyridine rings is 1. The second kappa shape index (κ2) is 4.72. The van der Waals surface area contributed by atoms with E-state index in [2.05, 4.69) is 10.3 Å². The number of nitrogens with zero attached hydrogens (tertiary/aromatic N) is 1. The van der Waals surface area contributed by atoms with E-state index in [1.807, 2.05) is 0 Å². The number of carboxylic acid groups (broad SMARTS) is 1. The van der Waals surface area contributed by atoms with E-state index < -0.39 is 23.2 Å². The zero-order chi connectivity index (χ0) is 13.2. The van der Waals surface area contributed by atoms with Crippen LogP contribution in [0.2, 0.25) is 0 Å². The molecule has 18 heavy (non-hydrogen) atoms. The number of nitrogens with one attached hydrogen (secondary N) is 1. The van der Waals surface area contributed by atoms with E-state index in [4.69, 9.17) is 5.11 Å². The average molecular weight is 252 g/mol. The normalized spacial score (nSPS) is 16.7. The topological polar surface area (TPSA) is 79.3 Å². The quantitative estimate of drug-likeness (QED) is 0.847. The first-order valence-electron chi connectivity index (χ1n) is 5.66. The Labute approximate surface area is 103 Å². The van der Waals surface area contributed by atoms with Gasteiger partial charge in [0.15, 0.2) is 5.82 Å². The zero-order valence-corrected chi connectivity index (χ0v) is 9.65. The van der Waals surface area contributed by atoms with Gasteiger partial charge in [-0.15, -0.1) is 0 Å². The van der Waals surface area contributed by atoms with E-state index in [-0.39, 0.29) is 12.0 Å². The van der Waals surface area contributed by atoms with Crippen molar-refractivity contribution in [1.29, 1.82) is 0 Å². The molecule has 0 atom stereocenters. The number of hydrogen-bond acceptors (Lipinski definition) is 3. The smallest absolute Gasteiger partial charge is 0.305 e. The highest BCUT2D eigenvalue weighted by atomic mass is 19.1. The summed E-state index contributed by atoms with van der Waals surface area (Å²) < 4.78 is 13.4. The second-order valence-electron chi connectivity index (χ2n) is 4.51. The molecule has 0 saturated heterocycles. The Morgan fingerprint density at radius 1 is 1.50 bits per heavy atom. The van der Waals surface area contributed by atoms with Crippen molar-refractivity contribution in [3.05, 3.63) is 29.8 Å².